The van der Waals surface area contributed by atoms with Crippen molar-refractivity contribution < 1.29 is 0 Å². The van der Waals surface area contributed by atoms with Crippen LogP contribution in [0, 0.1) is 33.6 Å². The summed E-state index contributed by atoms with van der Waals surface area (Å²) in [6, 6.07) is 20.5. The Labute approximate surface area is 258 Å². The molecule has 0 bridgehead atoms. The van der Waals surface area contributed by atoms with E-state index in [0.717, 1.165) is 17.6 Å². The quantitative estimate of drug-likeness (QED) is 0.193. The maximum Gasteiger partial charge on any atom is 0.218 e. The van der Waals surface area contributed by atoms with Crippen LogP contribution in [0.25, 0.3) is 36.6 Å². The highest BCUT2D eigenvalue weighted by molar-refractivity contribution is 7.26. The Morgan fingerprint density at radius 2 is 1.53 bits per heavy atom. The molecule has 2 nitrogen and oxygen atoms in total. The summed E-state index contributed by atoms with van der Waals surface area (Å²) < 4.78 is 2.58. The van der Waals surface area contributed by atoms with Gasteiger partial charge in [-0.05, 0) is 81.6 Å². The lowest BCUT2D eigenvalue weighted by Gasteiger charge is -2.39. The van der Waals surface area contributed by atoms with Crippen molar-refractivity contribution in [1.82, 2.24) is 9.97 Å². The summed E-state index contributed by atoms with van der Waals surface area (Å²) >= 11 is 1.86. The van der Waals surface area contributed by atoms with E-state index in [0.29, 0.717) is 18.4 Å². The molecule has 0 saturated heterocycles. The number of hydrogen-bond acceptors (Lipinski definition) is 3. The van der Waals surface area contributed by atoms with Gasteiger partial charge in [0.1, 0.15) is 0 Å². The van der Waals surface area contributed by atoms with Gasteiger partial charge in [-0.1, -0.05) is 100 Å². The number of rotatable bonds is 2. The maximum absolute atomic E-state index is 5.28. The zero-order chi connectivity index (χ0) is 29.6. The lowest BCUT2D eigenvalue weighted by Crippen LogP contribution is -2.55. The second-order valence-electron chi connectivity index (χ2n) is 13.0. The number of pyridine rings is 2. The van der Waals surface area contributed by atoms with Crippen LogP contribution in [-0.2, 0) is 6.42 Å². The van der Waals surface area contributed by atoms with Crippen LogP contribution in [0.5, 0.6) is 0 Å². The molecule has 0 radical (unpaired) electrons. The Morgan fingerprint density at radius 3 is 2.23 bits per heavy atom. The van der Waals surface area contributed by atoms with Crippen molar-refractivity contribution in [1.29, 1.82) is 0 Å². The first-order valence-electron chi connectivity index (χ1n) is 15.4. The topological polar surface area (TPSA) is 25.8 Å². The van der Waals surface area contributed by atoms with E-state index in [4.69, 9.17) is 4.98 Å². The van der Waals surface area contributed by atoms with Crippen molar-refractivity contribution in [3.05, 3.63) is 124 Å². The summed E-state index contributed by atoms with van der Waals surface area (Å²) in [7, 11) is 0. The molecule has 4 heteroatoms. The van der Waals surface area contributed by atoms with Crippen LogP contribution >= 0.6 is 11.3 Å². The highest BCUT2D eigenvalue weighted by atomic mass is 32.1. The Kier molecular flexibility index (Phi) is 6.03. The fourth-order valence-electron chi connectivity index (χ4n) is 8.46. The largest absolute Gasteiger partial charge is 0.262 e. The molecule has 3 aromatic carbocycles. The summed E-state index contributed by atoms with van der Waals surface area (Å²) in [5, 5.41) is 3.79. The van der Waals surface area contributed by atoms with Gasteiger partial charge in [-0.2, -0.15) is 0 Å². The molecule has 0 spiro atoms. The molecule has 8 rings (SSSR count). The van der Waals surface area contributed by atoms with Crippen molar-refractivity contribution in [2.24, 2.45) is 5.92 Å². The van der Waals surface area contributed by atoms with E-state index in [1.807, 2.05) is 23.7 Å². The van der Waals surface area contributed by atoms with Gasteiger partial charge in [0.25, 0.3) is 0 Å². The Balaban J connectivity index is 1.32. The average molecular weight is 575 g/mol. The van der Waals surface area contributed by atoms with Crippen LogP contribution in [0.4, 0.5) is 0 Å². The zero-order valence-electron chi connectivity index (χ0n) is 25.7. The summed E-state index contributed by atoms with van der Waals surface area (Å²) in [5.74, 6) is 0.727. The third-order valence-corrected chi connectivity index (χ3v) is 11.1. The first-order valence-corrected chi connectivity index (χ1v) is 16.3. The smallest absolute Gasteiger partial charge is 0.218 e. The molecule has 1 aliphatic heterocycles. The van der Waals surface area contributed by atoms with E-state index >= 15 is 0 Å². The van der Waals surface area contributed by atoms with Crippen LogP contribution < -0.4 is 10.9 Å². The van der Waals surface area contributed by atoms with E-state index in [9.17, 15) is 0 Å². The van der Waals surface area contributed by atoms with Gasteiger partial charge < -0.3 is 0 Å². The number of hydrogen-bond donors (Lipinski definition) is 0. The summed E-state index contributed by atoms with van der Waals surface area (Å²) in [4.78, 5) is 9.73. The lowest BCUT2D eigenvalue weighted by atomic mass is 9.26. The normalized spacial score (nSPS) is 18.1. The Morgan fingerprint density at radius 1 is 0.837 bits per heavy atom. The van der Waals surface area contributed by atoms with Crippen molar-refractivity contribution in [2.45, 2.75) is 53.8 Å². The summed E-state index contributed by atoms with van der Waals surface area (Å²) in [6.45, 7) is 14.3. The highest BCUT2D eigenvalue weighted by Crippen LogP contribution is 2.45. The predicted octanol–water partition coefficient (Wildman–Crippen LogP) is 8.79. The minimum atomic E-state index is 0.335. The minimum Gasteiger partial charge on any atom is -0.262 e. The van der Waals surface area contributed by atoms with Crippen molar-refractivity contribution in [3.8, 4) is 0 Å². The molecule has 2 atom stereocenters. The number of allylic oxidation sites excluding steroid dienone is 4. The number of aromatic nitrogens is 2. The summed E-state index contributed by atoms with van der Waals surface area (Å²) in [6.07, 6.45) is 9.78. The van der Waals surface area contributed by atoms with Crippen LogP contribution in [0.2, 0.25) is 5.82 Å². The number of nitrogens with zero attached hydrogens (tertiary/aromatic N) is 2. The number of benzene rings is 3. The second-order valence-corrected chi connectivity index (χ2v) is 14.1. The molecule has 0 amide bonds. The average Bonchev–Trinajstić information content (AvgIpc) is 3.35. The van der Waals surface area contributed by atoms with Gasteiger partial charge in [-0.25, -0.2) is 4.98 Å². The molecule has 210 valence electrons. The molecule has 2 aliphatic rings. The van der Waals surface area contributed by atoms with E-state index < -0.39 is 0 Å². The van der Waals surface area contributed by atoms with Gasteiger partial charge in [0.15, 0.2) is 0 Å². The van der Waals surface area contributed by atoms with E-state index in [-0.39, 0.29) is 0 Å². The first-order chi connectivity index (χ1) is 20.8. The zero-order valence-corrected chi connectivity index (χ0v) is 26.6. The van der Waals surface area contributed by atoms with Crippen LogP contribution in [0.1, 0.15) is 52.9 Å². The van der Waals surface area contributed by atoms with Crippen molar-refractivity contribution in [3.63, 3.8) is 0 Å². The molecule has 0 saturated carbocycles. The van der Waals surface area contributed by atoms with Gasteiger partial charge in [0, 0.05) is 27.1 Å². The predicted molar refractivity (Wildman–Crippen MR) is 187 cm³/mol. The molecule has 43 heavy (non-hydrogen) atoms. The number of fused-ring (bicyclic) bond motifs is 7. The van der Waals surface area contributed by atoms with Gasteiger partial charge in [-0.15, -0.1) is 11.3 Å². The minimum absolute atomic E-state index is 0.335. The van der Waals surface area contributed by atoms with Gasteiger partial charge in [-0.3, -0.25) is 4.98 Å². The molecular weight excluding hydrogens is 539 g/mol. The molecule has 2 unspecified atom stereocenters. The van der Waals surface area contributed by atoms with E-state index in [1.54, 1.807) is 10.9 Å². The van der Waals surface area contributed by atoms with E-state index in [2.05, 4.69) is 113 Å². The first kappa shape index (κ1) is 26.6. The molecule has 0 N–H and O–H groups in total. The van der Waals surface area contributed by atoms with Gasteiger partial charge in [0.2, 0.25) is 6.71 Å². The van der Waals surface area contributed by atoms with Crippen LogP contribution in [0.3, 0.4) is 0 Å². The number of thiophene rings is 1. The molecule has 0 fully saturated rings. The second kappa shape index (κ2) is 9.75. The van der Waals surface area contributed by atoms with Crippen LogP contribution in [-0.4, -0.2) is 16.7 Å². The highest BCUT2D eigenvalue weighted by Gasteiger charge is 2.41. The monoisotopic (exact) mass is 574 g/mol. The van der Waals surface area contributed by atoms with Crippen LogP contribution in [0.15, 0.2) is 84.7 Å². The lowest BCUT2D eigenvalue weighted by molar-refractivity contribution is 0.698. The molecule has 4 heterocycles. The third-order valence-electron chi connectivity index (χ3n) is 9.90. The molecule has 3 aromatic heterocycles. The fourth-order valence-corrected chi connectivity index (χ4v) is 9.69. The molecule has 1 aliphatic carbocycles. The van der Waals surface area contributed by atoms with E-state index in [1.165, 1.54) is 70.1 Å². The Bertz CT molecular complexity index is 2140. The summed E-state index contributed by atoms with van der Waals surface area (Å²) in [5.41, 5.74) is 16.4. The molecular formula is C39H35BN2S. The Hall–Kier alpha value is -4.02. The SMILES string of the molecule is CC1=CC(c2nc3cnccc3c3c2sc2ccccc23)=CC(C)C1B1c2c(C)cc(C)cc2Cc2cc(C)cc(C)c21. The number of aryl methyl sites for hydroxylation is 4. The standard InChI is InChI=1S/C39H35BN2S/c1-21-13-23(3)36-27(15-21)19-28-16-22(2)14-24(4)37(28)40(36)35-25(5)17-29(18-26(35)6)38-39-34(30-11-12-41-20-32(30)42-38)31-9-7-8-10-33(31)43-39/h7-18,20,25,35H,19H2,1-6H3. The van der Waals surface area contributed by atoms with Gasteiger partial charge >= 0.3 is 0 Å². The van der Waals surface area contributed by atoms with Crippen molar-refractivity contribution in [2.75, 3.05) is 0 Å². The molecule has 6 aromatic rings. The fraction of sp³-hybridized carbons (Fsp3) is 0.231. The third kappa shape index (κ3) is 4.07. The maximum atomic E-state index is 5.28. The van der Waals surface area contributed by atoms with Crippen molar-refractivity contribution >= 4 is 65.6 Å². The van der Waals surface area contributed by atoms with Gasteiger partial charge in [0.05, 0.1) is 22.1 Å².